The van der Waals surface area contributed by atoms with Gasteiger partial charge in [-0.05, 0) is 40.2 Å². The van der Waals surface area contributed by atoms with Gasteiger partial charge in [0.2, 0.25) is 5.89 Å². The van der Waals surface area contributed by atoms with Gasteiger partial charge in [0.25, 0.3) is 0 Å². The summed E-state index contributed by atoms with van der Waals surface area (Å²) in [6.07, 6.45) is 0. The van der Waals surface area contributed by atoms with E-state index < -0.39 is 0 Å². The molecule has 18 heavy (non-hydrogen) atoms. The van der Waals surface area contributed by atoms with E-state index in [9.17, 15) is 4.39 Å². The van der Waals surface area contributed by atoms with E-state index in [0.29, 0.717) is 28.2 Å². The summed E-state index contributed by atoms with van der Waals surface area (Å²) in [4.78, 5) is 4.24. The SMILES string of the molecule is Nc1c(Br)cccc1-c1nc2cc(F)ccc2o1. The fourth-order valence-electron chi connectivity index (χ4n) is 1.74. The van der Waals surface area contributed by atoms with Crippen LogP contribution < -0.4 is 5.73 Å². The van der Waals surface area contributed by atoms with Gasteiger partial charge in [0, 0.05) is 10.5 Å². The number of halogens is 2. The molecule has 0 aliphatic carbocycles. The first kappa shape index (κ1) is 11.2. The predicted octanol–water partition coefficient (Wildman–Crippen LogP) is 3.98. The summed E-state index contributed by atoms with van der Waals surface area (Å²) in [5.41, 5.74) is 8.18. The second-order valence-corrected chi connectivity index (χ2v) is 4.69. The summed E-state index contributed by atoms with van der Waals surface area (Å²) in [7, 11) is 0. The van der Waals surface area contributed by atoms with E-state index in [1.807, 2.05) is 12.1 Å². The van der Waals surface area contributed by atoms with Gasteiger partial charge in [0.05, 0.1) is 11.3 Å². The molecule has 0 saturated heterocycles. The van der Waals surface area contributed by atoms with Gasteiger partial charge in [-0.15, -0.1) is 0 Å². The monoisotopic (exact) mass is 306 g/mol. The third-order valence-electron chi connectivity index (χ3n) is 2.63. The van der Waals surface area contributed by atoms with Gasteiger partial charge in [-0.1, -0.05) is 6.07 Å². The summed E-state index contributed by atoms with van der Waals surface area (Å²) in [6.45, 7) is 0. The molecule has 3 aromatic rings. The Morgan fingerprint density at radius 3 is 2.89 bits per heavy atom. The van der Waals surface area contributed by atoms with Crippen molar-refractivity contribution < 1.29 is 8.81 Å². The van der Waals surface area contributed by atoms with E-state index >= 15 is 0 Å². The summed E-state index contributed by atoms with van der Waals surface area (Å²) >= 11 is 3.34. The molecule has 0 saturated carbocycles. The van der Waals surface area contributed by atoms with Gasteiger partial charge in [-0.3, -0.25) is 0 Å². The van der Waals surface area contributed by atoms with Crippen LogP contribution in [-0.2, 0) is 0 Å². The van der Waals surface area contributed by atoms with Gasteiger partial charge in [-0.25, -0.2) is 9.37 Å². The van der Waals surface area contributed by atoms with E-state index in [1.54, 1.807) is 12.1 Å². The molecule has 90 valence electrons. The first-order valence-electron chi connectivity index (χ1n) is 5.25. The van der Waals surface area contributed by atoms with Crippen molar-refractivity contribution in [2.75, 3.05) is 5.73 Å². The van der Waals surface area contributed by atoms with Gasteiger partial charge in [-0.2, -0.15) is 0 Å². The van der Waals surface area contributed by atoms with E-state index in [2.05, 4.69) is 20.9 Å². The molecule has 0 bridgehead atoms. The highest BCUT2D eigenvalue weighted by molar-refractivity contribution is 9.10. The molecule has 0 unspecified atom stereocenters. The Morgan fingerprint density at radius 1 is 1.22 bits per heavy atom. The molecule has 0 spiro atoms. The maximum absolute atomic E-state index is 13.1. The Morgan fingerprint density at radius 2 is 2.06 bits per heavy atom. The minimum absolute atomic E-state index is 0.343. The number of para-hydroxylation sites is 1. The van der Waals surface area contributed by atoms with Crippen LogP contribution >= 0.6 is 15.9 Å². The van der Waals surface area contributed by atoms with E-state index in [-0.39, 0.29) is 5.82 Å². The number of hydrogen-bond acceptors (Lipinski definition) is 3. The molecular formula is C13H8BrFN2O. The smallest absolute Gasteiger partial charge is 0.229 e. The molecule has 0 fully saturated rings. The second-order valence-electron chi connectivity index (χ2n) is 3.83. The number of fused-ring (bicyclic) bond motifs is 1. The number of oxazole rings is 1. The van der Waals surface area contributed by atoms with Crippen molar-refractivity contribution in [3.8, 4) is 11.5 Å². The highest BCUT2D eigenvalue weighted by Crippen LogP contribution is 2.32. The van der Waals surface area contributed by atoms with Crippen LogP contribution in [0.5, 0.6) is 0 Å². The van der Waals surface area contributed by atoms with Crippen LogP contribution in [0, 0.1) is 5.82 Å². The summed E-state index contributed by atoms with van der Waals surface area (Å²) < 4.78 is 19.4. The molecule has 0 radical (unpaired) electrons. The normalized spacial score (nSPS) is 11.0. The van der Waals surface area contributed by atoms with Crippen molar-refractivity contribution in [3.05, 3.63) is 46.7 Å². The van der Waals surface area contributed by atoms with Gasteiger partial charge in [0.1, 0.15) is 11.3 Å². The lowest BCUT2D eigenvalue weighted by Crippen LogP contribution is -1.91. The van der Waals surface area contributed by atoms with Crippen molar-refractivity contribution in [1.29, 1.82) is 0 Å². The van der Waals surface area contributed by atoms with Gasteiger partial charge >= 0.3 is 0 Å². The summed E-state index contributed by atoms with van der Waals surface area (Å²) in [5, 5.41) is 0. The molecule has 2 aromatic carbocycles. The van der Waals surface area contributed by atoms with Crippen LogP contribution in [0.4, 0.5) is 10.1 Å². The van der Waals surface area contributed by atoms with Crippen molar-refractivity contribution in [2.45, 2.75) is 0 Å². The topological polar surface area (TPSA) is 52.0 Å². The van der Waals surface area contributed by atoms with Crippen molar-refractivity contribution >= 4 is 32.7 Å². The molecule has 0 aliphatic rings. The number of nitrogen functional groups attached to an aromatic ring is 1. The molecule has 3 rings (SSSR count). The number of anilines is 1. The van der Waals surface area contributed by atoms with E-state index in [1.165, 1.54) is 12.1 Å². The Labute approximate surface area is 111 Å². The minimum atomic E-state index is -0.343. The summed E-state index contributed by atoms with van der Waals surface area (Å²) in [6, 6.07) is 9.70. The maximum Gasteiger partial charge on any atom is 0.229 e. The van der Waals surface area contributed by atoms with Crippen LogP contribution in [0.25, 0.3) is 22.6 Å². The van der Waals surface area contributed by atoms with Crippen LogP contribution in [0.3, 0.4) is 0 Å². The maximum atomic E-state index is 13.1. The fourth-order valence-corrected chi connectivity index (χ4v) is 2.11. The zero-order valence-electron chi connectivity index (χ0n) is 9.15. The zero-order chi connectivity index (χ0) is 12.7. The Hall–Kier alpha value is -1.88. The standard InChI is InChI=1S/C13H8BrFN2O/c14-9-3-1-2-8(12(9)16)13-17-10-6-7(15)4-5-11(10)18-13/h1-6H,16H2. The number of hydrogen-bond donors (Lipinski definition) is 1. The van der Waals surface area contributed by atoms with Crippen molar-refractivity contribution in [2.24, 2.45) is 0 Å². The van der Waals surface area contributed by atoms with Crippen molar-refractivity contribution in [3.63, 3.8) is 0 Å². The van der Waals surface area contributed by atoms with Gasteiger partial charge in [0.15, 0.2) is 5.58 Å². The van der Waals surface area contributed by atoms with E-state index in [4.69, 9.17) is 10.2 Å². The predicted molar refractivity (Wildman–Crippen MR) is 71.5 cm³/mol. The Balaban J connectivity index is 2.22. The molecule has 1 aromatic heterocycles. The molecule has 2 N–H and O–H groups in total. The zero-order valence-corrected chi connectivity index (χ0v) is 10.7. The third kappa shape index (κ3) is 1.76. The number of rotatable bonds is 1. The number of nitrogens with two attached hydrogens (primary N) is 1. The lowest BCUT2D eigenvalue weighted by atomic mass is 10.2. The first-order chi connectivity index (χ1) is 8.65. The van der Waals surface area contributed by atoms with Crippen molar-refractivity contribution in [1.82, 2.24) is 4.98 Å². The third-order valence-corrected chi connectivity index (χ3v) is 3.32. The molecule has 0 amide bonds. The molecule has 1 heterocycles. The number of nitrogens with zero attached hydrogens (tertiary/aromatic N) is 1. The average Bonchev–Trinajstić information content (AvgIpc) is 2.75. The van der Waals surface area contributed by atoms with Crippen LogP contribution in [0.2, 0.25) is 0 Å². The van der Waals surface area contributed by atoms with Gasteiger partial charge < -0.3 is 10.2 Å². The average molecular weight is 307 g/mol. The van der Waals surface area contributed by atoms with Crippen LogP contribution in [-0.4, -0.2) is 4.98 Å². The molecule has 0 atom stereocenters. The largest absolute Gasteiger partial charge is 0.436 e. The molecule has 3 nitrogen and oxygen atoms in total. The molecule has 0 aliphatic heterocycles. The van der Waals surface area contributed by atoms with E-state index in [0.717, 1.165) is 4.47 Å². The summed E-state index contributed by atoms with van der Waals surface area (Å²) in [5.74, 6) is 0.0407. The Bertz CT molecular complexity index is 739. The molecular weight excluding hydrogens is 299 g/mol. The highest BCUT2D eigenvalue weighted by atomic mass is 79.9. The number of aromatic nitrogens is 1. The second kappa shape index (κ2) is 4.10. The Kier molecular flexibility index (Phi) is 2.56. The van der Waals surface area contributed by atoms with Crippen LogP contribution in [0.15, 0.2) is 45.3 Å². The quantitative estimate of drug-likeness (QED) is 0.692. The number of benzene rings is 2. The fraction of sp³-hybridized carbons (Fsp3) is 0. The van der Waals surface area contributed by atoms with Crippen LogP contribution in [0.1, 0.15) is 0 Å². The minimum Gasteiger partial charge on any atom is -0.436 e. The molecule has 5 heteroatoms. The first-order valence-corrected chi connectivity index (χ1v) is 6.05. The lowest BCUT2D eigenvalue weighted by Gasteiger charge is -2.02. The highest BCUT2D eigenvalue weighted by Gasteiger charge is 2.12. The lowest BCUT2D eigenvalue weighted by molar-refractivity contribution is 0.614.